The van der Waals surface area contributed by atoms with Crippen LogP contribution in [0.2, 0.25) is 0 Å². The van der Waals surface area contributed by atoms with E-state index in [9.17, 15) is 0 Å². The van der Waals surface area contributed by atoms with E-state index in [4.69, 9.17) is 42.9 Å². The van der Waals surface area contributed by atoms with Crippen molar-refractivity contribution in [2.45, 2.75) is 13.0 Å². The highest BCUT2D eigenvalue weighted by Gasteiger charge is 2.28. The van der Waals surface area contributed by atoms with E-state index in [1.54, 1.807) is 7.11 Å². The molecule has 1 aromatic carbocycles. The van der Waals surface area contributed by atoms with E-state index in [-0.39, 0.29) is 46.8 Å². The molecule has 10 heteroatoms. The van der Waals surface area contributed by atoms with Crippen LogP contribution in [0.3, 0.4) is 0 Å². The number of aliphatic imine (C=N–C) groups is 1. The second-order valence-corrected chi connectivity index (χ2v) is 7.01. The number of likely N-dealkylation sites (N-methyl/N-ethyl adjacent to an activating group) is 1. The zero-order valence-corrected chi connectivity index (χ0v) is 18.9. The summed E-state index contributed by atoms with van der Waals surface area (Å²) in [5.41, 5.74) is 3.85. The molecule has 32 heavy (non-hydrogen) atoms. The van der Waals surface area contributed by atoms with Crippen LogP contribution in [-0.4, -0.2) is 73.8 Å². The first-order valence-corrected chi connectivity index (χ1v) is 10.0. The predicted molar refractivity (Wildman–Crippen MR) is 117 cm³/mol. The molecule has 2 aliphatic rings. The molecule has 0 spiro atoms. The van der Waals surface area contributed by atoms with Crippen LogP contribution in [0.25, 0.3) is 0 Å². The van der Waals surface area contributed by atoms with E-state index in [0.29, 0.717) is 11.5 Å². The minimum atomic E-state index is -0.0342. The summed E-state index contributed by atoms with van der Waals surface area (Å²) in [5, 5.41) is 0. The first-order chi connectivity index (χ1) is 15.6. The Morgan fingerprint density at radius 2 is 1.41 bits per heavy atom. The lowest BCUT2D eigenvalue weighted by Crippen LogP contribution is -2.39. The van der Waals surface area contributed by atoms with Gasteiger partial charge in [0.2, 0.25) is 0 Å². The number of hydrogen-bond acceptors (Lipinski definition) is 10. The van der Waals surface area contributed by atoms with Crippen molar-refractivity contribution in [3.8, 4) is 11.5 Å². The number of rotatable bonds is 14. The minimum Gasteiger partial charge on any atom is -0.463 e. The van der Waals surface area contributed by atoms with E-state index in [2.05, 4.69) is 24.0 Å². The van der Waals surface area contributed by atoms with Gasteiger partial charge in [0.1, 0.15) is 13.6 Å². The van der Waals surface area contributed by atoms with Crippen molar-refractivity contribution in [2.75, 3.05) is 66.9 Å². The van der Waals surface area contributed by atoms with Crippen molar-refractivity contribution < 1.29 is 37.9 Å². The Morgan fingerprint density at radius 1 is 0.812 bits per heavy atom. The average Bonchev–Trinajstić information content (AvgIpc) is 2.79. The number of nitrogens with zero attached hydrogens (tertiary/aromatic N) is 2. The number of hydrogen-bond donors (Lipinski definition) is 0. The van der Waals surface area contributed by atoms with Crippen LogP contribution in [0, 0.1) is 0 Å². The maximum absolute atomic E-state index is 5.81. The van der Waals surface area contributed by atoms with Crippen molar-refractivity contribution in [3.05, 3.63) is 35.9 Å². The van der Waals surface area contributed by atoms with Gasteiger partial charge in [-0.15, -0.1) is 0 Å². The van der Waals surface area contributed by atoms with Crippen LogP contribution in [0.5, 0.6) is 11.5 Å². The Bertz CT molecular complexity index is 839. The summed E-state index contributed by atoms with van der Waals surface area (Å²) in [6, 6.07) is 3.77. The van der Waals surface area contributed by atoms with Crippen LogP contribution >= 0.6 is 0 Å². The summed E-state index contributed by atoms with van der Waals surface area (Å²) in [6.07, 6.45) is 6.27. The van der Waals surface area contributed by atoms with Gasteiger partial charge < -0.3 is 42.8 Å². The predicted octanol–water partition coefficient (Wildman–Crippen LogP) is 2.96. The number of benzene rings is 1. The molecule has 0 bridgehead atoms. The van der Waals surface area contributed by atoms with Gasteiger partial charge in [0.15, 0.2) is 38.7 Å². The van der Waals surface area contributed by atoms with Crippen LogP contribution in [0.15, 0.2) is 40.9 Å². The maximum atomic E-state index is 5.81. The van der Waals surface area contributed by atoms with E-state index in [0.717, 1.165) is 17.1 Å². The third-order valence-corrected chi connectivity index (χ3v) is 4.66. The molecule has 176 valence electrons. The number of anilines is 1. The lowest BCUT2D eigenvalue weighted by Gasteiger charge is -2.35. The van der Waals surface area contributed by atoms with Crippen LogP contribution in [0.4, 0.5) is 11.4 Å². The zero-order valence-electron chi connectivity index (χ0n) is 18.9. The lowest BCUT2D eigenvalue weighted by atomic mass is 9.97. The highest BCUT2D eigenvalue weighted by molar-refractivity contribution is 6.08. The standard InChI is InChI=1S/C22H30N2O8/c1-16-5-6-17-19(7-16)24(2)20-9-22(32-15-30-13-28-11-26-4)21(8-18(20)23-17)31-14-29-12-27-10-25-3/h5-9,19H,10-15H2,1-4H3. The molecule has 1 heterocycles. The monoisotopic (exact) mass is 450 g/mol. The summed E-state index contributed by atoms with van der Waals surface area (Å²) in [5.74, 6) is 0.967. The Balaban J connectivity index is 1.73. The molecule has 0 saturated heterocycles. The smallest absolute Gasteiger partial charge is 0.191 e. The topological polar surface area (TPSA) is 89.4 Å². The quantitative estimate of drug-likeness (QED) is 0.313. The summed E-state index contributed by atoms with van der Waals surface area (Å²) < 4.78 is 42.0. The van der Waals surface area contributed by atoms with Gasteiger partial charge in [0.05, 0.1) is 23.1 Å². The number of methoxy groups -OCH3 is 2. The molecule has 0 fully saturated rings. The van der Waals surface area contributed by atoms with Crippen molar-refractivity contribution in [1.29, 1.82) is 0 Å². The van der Waals surface area contributed by atoms with Crippen molar-refractivity contribution in [3.63, 3.8) is 0 Å². The fraction of sp³-hybridized carbons (Fsp3) is 0.500. The summed E-state index contributed by atoms with van der Waals surface area (Å²) in [6.45, 7) is 2.37. The molecular formula is C22H30N2O8. The zero-order chi connectivity index (χ0) is 22.8. The summed E-state index contributed by atoms with van der Waals surface area (Å²) in [4.78, 5) is 6.97. The fourth-order valence-corrected chi connectivity index (χ4v) is 3.17. The third kappa shape index (κ3) is 6.52. The number of ether oxygens (including phenoxy) is 8. The van der Waals surface area contributed by atoms with Gasteiger partial charge in [-0.25, -0.2) is 4.99 Å². The Kier molecular flexibility index (Phi) is 9.47. The van der Waals surface area contributed by atoms with Crippen LogP contribution in [0.1, 0.15) is 6.92 Å². The summed E-state index contributed by atoms with van der Waals surface area (Å²) in [7, 11) is 5.10. The van der Waals surface area contributed by atoms with Crippen molar-refractivity contribution in [1.82, 2.24) is 0 Å². The minimum absolute atomic E-state index is 0.0277. The second kappa shape index (κ2) is 12.5. The van der Waals surface area contributed by atoms with E-state index in [1.807, 2.05) is 25.3 Å². The number of allylic oxidation sites excluding steroid dienone is 2. The SMILES string of the molecule is COCOCOCOc1cc2c(cc1OCOCOCOC)N(C)C1C=C(C)C=CC1=N2. The highest BCUT2D eigenvalue weighted by Crippen LogP contribution is 2.43. The van der Waals surface area contributed by atoms with Crippen molar-refractivity contribution >= 4 is 17.1 Å². The van der Waals surface area contributed by atoms with Gasteiger partial charge in [0, 0.05) is 33.4 Å². The first-order valence-electron chi connectivity index (χ1n) is 10.0. The first kappa shape index (κ1) is 24.2. The molecule has 3 rings (SSSR count). The maximum Gasteiger partial charge on any atom is 0.191 e. The van der Waals surface area contributed by atoms with E-state index >= 15 is 0 Å². The van der Waals surface area contributed by atoms with Gasteiger partial charge in [0.25, 0.3) is 0 Å². The van der Waals surface area contributed by atoms with Gasteiger partial charge in [-0.05, 0) is 13.0 Å². The average molecular weight is 450 g/mol. The largest absolute Gasteiger partial charge is 0.463 e. The molecule has 1 unspecified atom stereocenters. The van der Waals surface area contributed by atoms with Gasteiger partial charge >= 0.3 is 0 Å². The Morgan fingerprint density at radius 3 is 2.03 bits per heavy atom. The van der Waals surface area contributed by atoms with E-state index < -0.39 is 0 Å². The van der Waals surface area contributed by atoms with Crippen LogP contribution in [-0.2, 0) is 28.4 Å². The fourth-order valence-electron chi connectivity index (χ4n) is 3.17. The molecule has 0 saturated carbocycles. The summed E-state index contributed by atoms with van der Waals surface area (Å²) >= 11 is 0. The highest BCUT2D eigenvalue weighted by atomic mass is 16.8. The molecule has 1 aromatic rings. The molecule has 10 nitrogen and oxygen atoms in total. The lowest BCUT2D eigenvalue weighted by molar-refractivity contribution is -0.148. The van der Waals surface area contributed by atoms with Gasteiger partial charge in [-0.2, -0.15) is 0 Å². The Labute approximate surface area is 187 Å². The van der Waals surface area contributed by atoms with Gasteiger partial charge in [-0.1, -0.05) is 17.7 Å². The molecule has 0 aromatic heterocycles. The second-order valence-electron chi connectivity index (χ2n) is 7.01. The van der Waals surface area contributed by atoms with E-state index in [1.165, 1.54) is 12.7 Å². The molecule has 1 aliphatic carbocycles. The normalized spacial score (nSPS) is 16.9. The molecule has 0 N–H and O–H groups in total. The Hall–Kier alpha value is -2.47. The van der Waals surface area contributed by atoms with Crippen molar-refractivity contribution in [2.24, 2.45) is 4.99 Å². The number of fused-ring (bicyclic) bond motifs is 2. The molecule has 1 aliphatic heterocycles. The van der Waals surface area contributed by atoms with Gasteiger partial charge in [-0.3, -0.25) is 0 Å². The molecular weight excluding hydrogens is 420 g/mol. The molecule has 1 atom stereocenters. The third-order valence-electron chi connectivity index (χ3n) is 4.66. The van der Waals surface area contributed by atoms with Crippen LogP contribution < -0.4 is 14.4 Å². The molecule has 0 radical (unpaired) electrons. The molecule has 0 amide bonds.